The van der Waals surface area contributed by atoms with Gasteiger partial charge in [0.2, 0.25) is 0 Å². The van der Waals surface area contributed by atoms with E-state index in [1.807, 2.05) is 43.4 Å². The minimum absolute atomic E-state index is 0.0721. The quantitative estimate of drug-likeness (QED) is 0.511. The molecule has 1 unspecified atom stereocenters. The molecule has 5 nitrogen and oxygen atoms in total. The minimum atomic E-state index is -2.88. The molecule has 1 aromatic carbocycles. The lowest BCUT2D eigenvalue weighted by Crippen LogP contribution is -2.32. The van der Waals surface area contributed by atoms with E-state index in [0.717, 1.165) is 11.8 Å². The number of ether oxygens (including phenoxy) is 2. The Hall–Kier alpha value is -1.29. The second kappa shape index (κ2) is 7.08. The molecule has 0 spiro atoms. The number of rotatable bonds is 6. The molecule has 0 amide bonds. The molecule has 1 heterocycles. The van der Waals surface area contributed by atoms with E-state index < -0.39 is 18.3 Å². The minimum Gasteiger partial charge on any atom is -0.435 e. The molecule has 0 bridgehead atoms. The van der Waals surface area contributed by atoms with Gasteiger partial charge < -0.3 is 14.3 Å². The Labute approximate surface area is 146 Å². The van der Waals surface area contributed by atoms with Gasteiger partial charge in [0.05, 0.1) is 17.7 Å². The van der Waals surface area contributed by atoms with E-state index in [4.69, 9.17) is 4.74 Å². The Balaban J connectivity index is 2.29. The maximum absolute atomic E-state index is 12.3. The van der Waals surface area contributed by atoms with Gasteiger partial charge in [-0.25, -0.2) is 0 Å². The summed E-state index contributed by atoms with van der Waals surface area (Å²) in [7, 11) is 0. The molecule has 1 atom stereocenters. The zero-order valence-electron chi connectivity index (χ0n) is 12.9. The Kier molecular flexibility index (Phi) is 5.56. The van der Waals surface area contributed by atoms with Crippen molar-refractivity contribution in [3.05, 3.63) is 21.9 Å². The maximum atomic E-state index is 12.3. The van der Waals surface area contributed by atoms with Crippen molar-refractivity contribution in [2.45, 2.75) is 45.6 Å². The average molecular weight is 438 g/mol. The normalized spacial score (nSPS) is 13.5. The van der Waals surface area contributed by atoms with E-state index in [9.17, 15) is 13.6 Å². The molecule has 8 heteroatoms. The van der Waals surface area contributed by atoms with Crippen molar-refractivity contribution in [3.63, 3.8) is 0 Å². The van der Waals surface area contributed by atoms with Crippen LogP contribution in [-0.4, -0.2) is 34.4 Å². The van der Waals surface area contributed by atoms with Crippen LogP contribution in [0, 0.1) is 3.70 Å². The SMILES string of the molecule is CC(C)(C)OC(C=O)Cn1nc(I)c2cc(OC(F)F)ccc21. The lowest BCUT2D eigenvalue weighted by molar-refractivity contribution is -0.129. The fraction of sp³-hybridized carbons (Fsp3) is 0.467. The van der Waals surface area contributed by atoms with Crippen LogP contribution in [0.3, 0.4) is 0 Å². The molecule has 2 rings (SSSR count). The molecular formula is C15H17F2IN2O3. The van der Waals surface area contributed by atoms with Crippen molar-refractivity contribution in [3.8, 4) is 5.75 Å². The summed E-state index contributed by atoms with van der Waals surface area (Å²) in [6.45, 7) is 2.96. The average Bonchev–Trinajstić information content (AvgIpc) is 2.72. The number of hydrogen-bond donors (Lipinski definition) is 0. The second-order valence-corrected chi connectivity index (χ2v) is 6.96. The molecule has 0 aliphatic rings. The number of aromatic nitrogens is 2. The zero-order valence-corrected chi connectivity index (χ0v) is 15.1. The summed E-state index contributed by atoms with van der Waals surface area (Å²) >= 11 is 2.01. The highest BCUT2D eigenvalue weighted by molar-refractivity contribution is 14.1. The largest absolute Gasteiger partial charge is 0.435 e. The number of carbonyl (C=O) groups excluding carboxylic acids is 1. The monoisotopic (exact) mass is 438 g/mol. The van der Waals surface area contributed by atoms with Crippen molar-refractivity contribution in [1.82, 2.24) is 9.78 Å². The predicted octanol–water partition coefficient (Wildman–Crippen LogP) is 3.62. The van der Waals surface area contributed by atoms with E-state index in [0.29, 0.717) is 9.09 Å². The van der Waals surface area contributed by atoms with Gasteiger partial charge in [-0.1, -0.05) is 0 Å². The van der Waals surface area contributed by atoms with E-state index in [-0.39, 0.29) is 12.3 Å². The summed E-state index contributed by atoms with van der Waals surface area (Å²) in [5.41, 5.74) is 0.264. The van der Waals surface area contributed by atoms with Crippen LogP contribution in [0.4, 0.5) is 8.78 Å². The van der Waals surface area contributed by atoms with Gasteiger partial charge in [0.1, 0.15) is 15.6 Å². The van der Waals surface area contributed by atoms with Crippen molar-refractivity contribution in [2.24, 2.45) is 0 Å². The molecular weight excluding hydrogens is 421 g/mol. The summed E-state index contributed by atoms with van der Waals surface area (Å²) in [6.07, 6.45) is 0.0887. The van der Waals surface area contributed by atoms with Crippen molar-refractivity contribution < 1.29 is 23.0 Å². The highest BCUT2D eigenvalue weighted by Crippen LogP contribution is 2.26. The number of benzene rings is 1. The number of alkyl halides is 2. The highest BCUT2D eigenvalue weighted by atomic mass is 127. The van der Waals surface area contributed by atoms with Crippen LogP contribution >= 0.6 is 22.6 Å². The molecule has 0 saturated carbocycles. The first-order chi connectivity index (χ1) is 10.7. The molecule has 0 N–H and O–H groups in total. The summed E-state index contributed by atoms with van der Waals surface area (Å²) in [4.78, 5) is 11.2. The molecule has 0 aliphatic heterocycles. The molecule has 0 radical (unpaired) electrons. The fourth-order valence-electron chi connectivity index (χ4n) is 2.17. The van der Waals surface area contributed by atoms with Gasteiger partial charge in [-0.15, -0.1) is 0 Å². The van der Waals surface area contributed by atoms with Crippen LogP contribution in [0.25, 0.3) is 10.9 Å². The third-order valence-electron chi connectivity index (χ3n) is 2.91. The van der Waals surface area contributed by atoms with Crippen LogP contribution in [-0.2, 0) is 16.1 Å². The lowest BCUT2D eigenvalue weighted by atomic mass is 10.2. The molecule has 0 fully saturated rings. The Morgan fingerprint density at radius 3 is 2.65 bits per heavy atom. The van der Waals surface area contributed by atoms with E-state index >= 15 is 0 Å². The van der Waals surface area contributed by atoms with Crippen molar-refractivity contribution in [2.75, 3.05) is 0 Å². The number of halogens is 3. The first kappa shape index (κ1) is 18.1. The molecule has 23 heavy (non-hydrogen) atoms. The van der Waals surface area contributed by atoms with Crippen LogP contribution < -0.4 is 4.74 Å². The molecule has 126 valence electrons. The molecule has 2 aromatic rings. The Bertz CT molecular complexity index is 698. The summed E-state index contributed by atoms with van der Waals surface area (Å²) in [6, 6.07) is 4.59. The van der Waals surface area contributed by atoms with Crippen LogP contribution in [0.15, 0.2) is 18.2 Å². The van der Waals surface area contributed by atoms with E-state index in [2.05, 4.69) is 9.84 Å². The maximum Gasteiger partial charge on any atom is 0.387 e. The number of fused-ring (bicyclic) bond motifs is 1. The number of nitrogens with zero attached hydrogens (tertiary/aromatic N) is 2. The number of carbonyl (C=O) groups is 1. The van der Waals surface area contributed by atoms with E-state index in [1.54, 1.807) is 10.7 Å². The lowest BCUT2D eigenvalue weighted by Gasteiger charge is -2.24. The molecule has 1 aromatic heterocycles. The fourth-order valence-corrected chi connectivity index (χ4v) is 2.86. The third kappa shape index (κ3) is 4.84. The topological polar surface area (TPSA) is 53.4 Å². The van der Waals surface area contributed by atoms with Gasteiger partial charge in [0.25, 0.3) is 0 Å². The first-order valence-corrected chi connectivity index (χ1v) is 8.01. The predicted molar refractivity (Wildman–Crippen MR) is 89.8 cm³/mol. The van der Waals surface area contributed by atoms with Gasteiger partial charge in [0.15, 0.2) is 6.29 Å². The van der Waals surface area contributed by atoms with Crippen molar-refractivity contribution in [1.29, 1.82) is 0 Å². The van der Waals surface area contributed by atoms with Crippen LogP contribution in [0.2, 0.25) is 0 Å². The Morgan fingerprint density at radius 1 is 1.39 bits per heavy atom. The van der Waals surface area contributed by atoms with Gasteiger partial charge in [0, 0.05) is 5.39 Å². The smallest absolute Gasteiger partial charge is 0.387 e. The van der Waals surface area contributed by atoms with Crippen LogP contribution in [0.5, 0.6) is 5.75 Å². The van der Waals surface area contributed by atoms with Gasteiger partial charge in [-0.3, -0.25) is 4.68 Å². The van der Waals surface area contributed by atoms with E-state index in [1.165, 1.54) is 12.1 Å². The van der Waals surface area contributed by atoms with Crippen LogP contribution in [0.1, 0.15) is 20.8 Å². The first-order valence-electron chi connectivity index (χ1n) is 6.93. The summed E-state index contributed by atoms with van der Waals surface area (Å²) in [5.74, 6) is 0.0721. The second-order valence-electron chi connectivity index (χ2n) is 5.94. The Morgan fingerprint density at radius 2 is 2.09 bits per heavy atom. The number of hydrogen-bond acceptors (Lipinski definition) is 4. The highest BCUT2D eigenvalue weighted by Gasteiger charge is 2.21. The van der Waals surface area contributed by atoms with Crippen molar-refractivity contribution >= 4 is 39.8 Å². The zero-order chi connectivity index (χ0) is 17.2. The van der Waals surface area contributed by atoms with Gasteiger partial charge in [-0.2, -0.15) is 13.9 Å². The molecule has 0 saturated heterocycles. The number of aldehydes is 1. The van der Waals surface area contributed by atoms with Gasteiger partial charge in [-0.05, 0) is 61.6 Å². The van der Waals surface area contributed by atoms with Gasteiger partial charge >= 0.3 is 6.61 Å². The molecule has 0 aliphatic carbocycles. The third-order valence-corrected chi connectivity index (χ3v) is 3.71. The summed E-state index contributed by atoms with van der Waals surface area (Å²) in [5, 5.41) is 5.03. The standard InChI is InChI=1S/C15H17F2IN2O3/c1-15(2,3)23-10(8-21)7-20-12-5-4-9(22-14(16)17)6-11(12)13(18)19-20/h4-6,8,10,14H,7H2,1-3H3. The summed E-state index contributed by atoms with van der Waals surface area (Å²) < 4.78 is 36.9.